The molecule has 7 nitrogen and oxygen atoms in total. The van der Waals surface area contributed by atoms with E-state index in [4.69, 9.17) is 4.42 Å². The molecule has 3 N–H and O–H groups in total. The summed E-state index contributed by atoms with van der Waals surface area (Å²) in [5, 5.41) is 9.28. The minimum absolute atomic E-state index is 0.0720. The van der Waals surface area contributed by atoms with E-state index in [9.17, 15) is 4.79 Å². The number of aliphatic imine (C=N–C) groups is 1. The Kier molecular flexibility index (Phi) is 7.00. The van der Waals surface area contributed by atoms with E-state index in [-0.39, 0.29) is 5.91 Å². The van der Waals surface area contributed by atoms with Crippen LogP contribution >= 0.6 is 0 Å². The zero-order valence-corrected chi connectivity index (χ0v) is 16.6. The number of amides is 1. The van der Waals surface area contributed by atoms with Gasteiger partial charge in [0.05, 0.1) is 12.2 Å². The largest absolute Gasteiger partial charge is 0.444 e. The van der Waals surface area contributed by atoms with Crippen LogP contribution in [0.4, 0.5) is 5.69 Å². The number of rotatable bonds is 7. The molecule has 2 aromatic carbocycles. The molecule has 0 aliphatic rings. The average Bonchev–Trinajstić information content (AvgIpc) is 3.21. The fourth-order valence-electron chi connectivity index (χ4n) is 2.78. The van der Waals surface area contributed by atoms with Crippen LogP contribution in [0.15, 0.2) is 70.3 Å². The summed E-state index contributed by atoms with van der Waals surface area (Å²) >= 11 is 0. The second-order valence-corrected chi connectivity index (χ2v) is 6.49. The molecule has 0 saturated carbocycles. The normalized spacial score (nSPS) is 11.2. The van der Waals surface area contributed by atoms with Crippen LogP contribution in [-0.2, 0) is 17.8 Å². The number of nitrogens with zero attached hydrogens (tertiary/aromatic N) is 2. The number of hydrogen-bond donors (Lipinski definition) is 3. The monoisotopic (exact) mass is 391 g/mol. The first-order chi connectivity index (χ1) is 14.1. The lowest BCUT2D eigenvalue weighted by Gasteiger charge is -2.11. The SMILES string of the molecule is CN=C(NCCc1ccc(NC(C)=O)cc1)NCc1coc(-c2ccccc2)n1. The van der Waals surface area contributed by atoms with Crippen molar-refractivity contribution in [3.05, 3.63) is 72.1 Å². The van der Waals surface area contributed by atoms with Gasteiger partial charge in [0.15, 0.2) is 5.96 Å². The van der Waals surface area contributed by atoms with Gasteiger partial charge in [-0.05, 0) is 36.2 Å². The van der Waals surface area contributed by atoms with Crippen molar-refractivity contribution in [1.29, 1.82) is 0 Å². The third-order valence-electron chi connectivity index (χ3n) is 4.21. The molecular weight excluding hydrogens is 366 g/mol. The van der Waals surface area contributed by atoms with Gasteiger partial charge in [0.1, 0.15) is 6.26 Å². The van der Waals surface area contributed by atoms with Crippen molar-refractivity contribution in [1.82, 2.24) is 15.6 Å². The van der Waals surface area contributed by atoms with Crippen LogP contribution in [0.1, 0.15) is 18.2 Å². The molecule has 1 amide bonds. The molecule has 0 aliphatic carbocycles. The first kappa shape index (κ1) is 20.1. The highest BCUT2D eigenvalue weighted by atomic mass is 16.3. The van der Waals surface area contributed by atoms with Crippen molar-refractivity contribution in [2.45, 2.75) is 19.9 Å². The van der Waals surface area contributed by atoms with E-state index < -0.39 is 0 Å². The zero-order valence-electron chi connectivity index (χ0n) is 16.6. The van der Waals surface area contributed by atoms with Crippen molar-refractivity contribution >= 4 is 17.6 Å². The molecular formula is C22H25N5O2. The van der Waals surface area contributed by atoms with Crippen LogP contribution in [0, 0.1) is 0 Å². The van der Waals surface area contributed by atoms with E-state index in [1.54, 1.807) is 13.3 Å². The van der Waals surface area contributed by atoms with Gasteiger partial charge < -0.3 is 20.4 Å². The fourth-order valence-corrected chi connectivity index (χ4v) is 2.78. The molecule has 150 valence electrons. The number of hydrogen-bond acceptors (Lipinski definition) is 4. The van der Waals surface area contributed by atoms with Gasteiger partial charge in [-0.3, -0.25) is 9.79 Å². The Bertz CT molecular complexity index is 949. The van der Waals surface area contributed by atoms with Crippen LogP contribution in [0.2, 0.25) is 0 Å². The summed E-state index contributed by atoms with van der Waals surface area (Å²) < 4.78 is 5.55. The number of carbonyl (C=O) groups is 1. The Morgan fingerprint density at radius 1 is 1.07 bits per heavy atom. The summed E-state index contributed by atoms with van der Waals surface area (Å²) in [7, 11) is 1.73. The maximum absolute atomic E-state index is 11.1. The third-order valence-corrected chi connectivity index (χ3v) is 4.21. The van der Waals surface area contributed by atoms with Crippen molar-refractivity contribution in [3.8, 4) is 11.5 Å². The predicted octanol–water partition coefficient (Wildman–Crippen LogP) is 3.21. The van der Waals surface area contributed by atoms with E-state index in [0.717, 1.165) is 29.9 Å². The molecule has 1 heterocycles. The summed E-state index contributed by atoms with van der Waals surface area (Å²) in [5.41, 5.74) is 3.73. The Morgan fingerprint density at radius 3 is 2.52 bits per heavy atom. The summed E-state index contributed by atoms with van der Waals surface area (Å²) in [4.78, 5) is 19.8. The molecule has 0 radical (unpaired) electrons. The lowest BCUT2D eigenvalue weighted by Crippen LogP contribution is -2.37. The molecule has 0 atom stereocenters. The summed E-state index contributed by atoms with van der Waals surface area (Å²) in [6.45, 7) is 2.74. The maximum Gasteiger partial charge on any atom is 0.226 e. The Hall–Kier alpha value is -3.61. The van der Waals surface area contributed by atoms with Crippen molar-refractivity contribution in [2.24, 2.45) is 4.99 Å². The lowest BCUT2D eigenvalue weighted by molar-refractivity contribution is -0.114. The standard InChI is InChI=1S/C22H25N5O2/c1-16(28)26-19-10-8-17(9-11-19)12-13-24-22(23-2)25-14-20-15-29-21(27-20)18-6-4-3-5-7-18/h3-11,15H,12-14H2,1-2H3,(H,26,28)(H2,23,24,25). The van der Waals surface area contributed by atoms with Crippen molar-refractivity contribution < 1.29 is 9.21 Å². The molecule has 0 saturated heterocycles. The van der Waals surface area contributed by atoms with Crippen LogP contribution in [0.3, 0.4) is 0 Å². The first-order valence-corrected chi connectivity index (χ1v) is 9.45. The third kappa shape index (κ3) is 6.21. The molecule has 3 rings (SSSR count). The molecule has 0 bridgehead atoms. The number of benzene rings is 2. The number of carbonyl (C=O) groups excluding carboxylic acids is 1. The van der Waals surface area contributed by atoms with Crippen LogP contribution in [0.25, 0.3) is 11.5 Å². The van der Waals surface area contributed by atoms with Gasteiger partial charge >= 0.3 is 0 Å². The van der Waals surface area contributed by atoms with Gasteiger partial charge in [0.25, 0.3) is 0 Å². The zero-order chi connectivity index (χ0) is 20.5. The van der Waals surface area contributed by atoms with E-state index >= 15 is 0 Å². The summed E-state index contributed by atoms with van der Waals surface area (Å²) in [5.74, 6) is 1.23. The molecule has 0 unspecified atom stereocenters. The second-order valence-electron chi connectivity index (χ2n) is 6.49. The van der Waals surface area contributed by atoms with E-state index in [2.05, 4.69) is 25.9 Å². The average molecular weight is 391 g/mol. The van der Waals surface area contributed by atoms with Crippen molar-refractivity contribution in [2.75, 3.05) is 18.9 Å². The maximum atomic E-state index is 11.1. The van der Waals surface area contributed by atoms with Crippen LogP contribution < -0.4 is 16.0 Å². The van der Waals surface area contributed by atoms with Crippen LogP contribution in [0.5, 0.6) is 0 Å². The number of nitrogens with one attached hydrogen (secondary N) is 3. The first-order valence-electron chi connectivity index (χ1n) is 9.45. The van der Waals surface area contributed by atoms with Gasteiger partial charge in [-0.1, -0.05) is 30.3 Å². The van der Waals surface area contributed by atoms with Gasteiger partial charge in [-0.25, -0.2) is 4.98 Å². The van der Waals surface area contributed by atoms with Gasteiger partial charge in [-0.15, -0.1) is 0 Å². The Balaban J connectivity index is 1.44. The molecule has 0 spiro atoms. The van der Waals surface area contributed by atoms with Gasteiger partial charge in [0, 0.05) is 31.8 Å². The number of guanidine groups is 1. The molecule has 1 aromatic heterocycles. The molecule has 29 heavy (non-hydrogen) atoms. The molecule has 7 heteroatoms. The van der Waals surface area contributed by atoms with Crippen LogP contribution in [-0.4, -0.2) is 30.4 Å². The van der Waals surface area contributed by atoms with E-state index in [0.29, 0.717) is 18.4 Å². The minimum atomic E-state index is -0.0720. The minimum Gasteiger partial charge on any atom is -0.444 e. The smallest absolute Gasteiger partial charge is 0.226 e. The highest BCUT2D eigenvalue weighted by Crippen LogP contribution is 2.17. The second kappa shape index (κ2) is 10.1. The van der Waals surface area contributed by atoms with Gasteiger partial charge in [0.2, 0.25) is 11.8 Å². The number of aromatic nitrogens is 1. The van der Waals surface area contributed by atoms with E-state index in [1.807, 2.05) is 54.6 Å². The van der Waals surface area contributed by atoms with Gasteiger partial charge in [-0.2, -0.15) is 0 Å². The Morgan fingerprint density at radius 2 is 1.83 bits per heavy atom. The summed E-state index contributed by atoms with van der Waals surface area (Å²) in [6, 6.07) is 17.6. The number of oxazole rings is 1. The Labute approximate surface area is 170 Å². The fraction of sp³-hybridized carbons (Fsp3) is 0.227. The topological polar surface area (TPSA) is 91.5 Å². The van der Waals surface area contributed by atoms with Crippen molar-refractivity contribution in [3.63, 3.8) is 0 Å². The quantitative estimate of drug-likeness (QED) is 0.425. The highest BCUT2D eigenvalue weighted by Gasteiger charge is 2.07. The predicted molar refractivity (Wildman–Crippen MR) is 115 cm³/mol. The molecule has 0 fully saturated rings. The lowest BCUT2D eigenvalue weighted by atomic mass is 10.1. The summed E-state index contributed by atoms with van der Waals surface area (Å²) in [6.07, 6.45) is 2.49. The highest BCUT2D eigenvalue weighted by molar-refractivity contribution is 5.88. The molecule has 3 aromatic rings. The molecule has 0 aliphatic heterocycles. The number of anilines is 1. The van der Waals surface area contributed by atoms with E-state index in [1.165, 1.54) is 12.5 Å².